The summed E-state index contributed by atoms with van der Waals surface area (Å²) < 4.78 is 0. The van der Waals surface area contributed by atoms with Crippen LogP contribution in [-0.4, -0.2) is 41.7 Å². The summed E-state index contributed by atoms with van der Waals surface area (Å²) in [6.45, 7) is 1.28. The number of likely N-dealkylation sites (tertiary alicyclic amines) is 1. The molecule has 1 fully saturated rings. The van der Waals surface area contributed by atoms with E-state index in [1.807, 2.05) is 0 Å². The summed E-state index contributed by atoms with van der Waals surface area (Å²) in [5.74, 6) is -1.84. The van der Waals surface area contributed by atoms with Gasteiger partial charge in [-0.1, -0.05) is 11.6 Å². The zero-order chi connectivity index (χ0) is 15.0. The Balaban J connectivity index is 2.06. The number of benzene rings is 1. The van der Waals surface area contributed by atoms with Crippen molar-refractivity contribution in [2.24, 2.45) is 10.9 Å². The van der Waals surface area contributed by atoms with Gasteiger partial charge < -0.3 is 9.69 Å². The summed E-state index contributed by atoms with van der Waals surface area (Å²) in [4.78, 5) is 42.0. The lowest BCUT2D eigenvalue weighted by Gasteiger charge is -2.23. The van der Waals surface area contributed by atoms with Crippen LogP contribution < -0.4 is 0 Å². The number of hydrogen-bond acceptors (Lipinski definition) is 4. The zero-order valence-electron chi connectivity index (χ0n) is 11.2. The van der Waals surface area contributed by atoms with Crippen molar-refractivity contribution in [1.82, 2.24) is 4.90 Å². The van der Waals surface area contributed by atoms with Gasteiger partial charge in [0.2, 0.25) is 0 Å². The van der Waals surface area contributed by atoms with E-state index in [9.17, 15) is 14.4 Å². The van der Waals surface area contributed by atoms with E-state index in [2.05, 4.69) is 4.99 Å². The number of fused-ring (bicyclic) bond motifs is 1. The number of aliphatic imine (C=N–C) groups is 1. The first-order chi connectivity index (χ1) is 10.1. The number of Topliss-reactive ketones (excluding diaryl/α,β-unsaturated/α-hetero) is 1. The predicted octanol–water partition coefficient (Wildman–Crippen LogP) is 2.05. The van der Waals surface area contributed by atoms with E-state index < -0.39 is 11.7 Å². The van der Waals surface area contributed by atoms with E-state index in [1.54, 1.807) is 11.0 Å². The molecule has 2 heterocycles. The highest BCUT2D eigenvalue weighted by atomic mass is 35.5. The Morgan fingerprint density at radius 2 is 2.05 bits per heavy atom. The number of nitrogens with zero attached hydrogens (tertiary/aromatic N) is 2. The van der Waals surface area contributed by atoms with Crippen LogP contribution in [0, 0.1) is 5.92 Å². The van der Waals surface area contributed by atoms with Crippen molar-refractivity contribution in [1.29, 1.82) is 0 Å². The van der Waals surface area contributed by atoms with Crippen LogP contribution in [-0.2, 0) is 9.59 Å². The van der Waals surface area contributed by atoms with Crippen LogP contribution >= 0.6 is 11.6 Å². The third-order valence-corrected chi connectivity index (χ3v) is 4.03. The number of hydrogen-bond donors (Lipinski definition) is 0. The molecule has 1 saturated heterocycles. The smallest absolute Gasteiger partial charge is 0.269 e. The number of ketones is 1. The number of amides is 1. The predicted molar refractivity (Wildman–Crippen MR) is 78.2 cm³/mol. The molecule has 5 nitrogen and oxygen atoms in total. The van der Waals surface area contributed by atoms with Crippen LogP contribution in [0.4, 0.5) is 5.69 Å². The van der Waals surface area contributed by atoms with Gasteiger partial charge in [-0.05, 0) is 31.0 Å². The van der Waals surface area contributed by atoms with Crippen LogP contribution in [0.1, 0.15) is 23.2 Å². The molecule has 6 heteroatoms. The molecule has 0 N–H and O–H groups in total. The topological polar surface area (TPSA) is 66.8 Å². The molecule has 0 spiro atoms. The summed E-state index contributed by atoms with van der Waals surface area (Å²) in [6.07, 6.45) is 2.36. The molecule has 0 aromatic heterocycles. The molecule has 0 saturated carbocycles. The van der Waals surface area contributed by atoms with Gasteiger partial charge in [0.15, 0.2) is 5.78 Å². The molecule has 108 valence electrons. The first-order valence-electron chi connectivity index (χ1n) is 6.78. The Morgan fingerprint density at radius 3 is 2.71 bits per heavy atom. The van der Waals surface area contributed by atoms with Crippen molar-refractivity contribution >= 4 is 41.0 Å². The van der Waals surface area contributed by atoms with Crippen LogP contribution in [0.15, 0.2) is 23.2 Å². The Kier molecular flexibility index (Phi) is 3.59. The summed E-state index contributed by atoms with van der Waals surface area (Å²) in [6, 6.07) is 4.65. The average Bonchev–Trinajstić information content (AvgIpc) is 3.00. The quantitative estimate of drug-likeness (QED) is 0.620. The molecule has 0 aliphatic carbocycles. The van der Waals surface area contributed by atoms with Crippen molar-refractivity contribution in [3.63, 3.8) is 0 Å². The number of rotatable bonds is 2. The second-order valence-corrected chi connectivity index (χ2v) is 5.57. The third kappa shape index (κ3) is 2.38. The molecule has 0 bridgehead atoms. The molecular weight excluding hydrogens is 292 g/mol. The van der Waals surface area contributed by atoms with Crippen molar-refractivity contribution in [2.75, 3.05) is 13.1 Å². The van der Waals surface area contributed by atoms with Gasteiger partial charge in [-0.15, -0.1) is 0 Å². The SMILES string of the molecule is O=CC1C(=O)c2ccc(Cl)cc2N=C1C(=O)N1CCCC1. The van der Waals surface area contributed by atoms with E-state index in [1.165, 1.54) is 12.1 Å². The second kappa shape index (κ2) is 5.41. The van der Waals surface area contributed by atoms with E-state index in [0.29, 0.717) is 35.6 Å². The minimum atomic E-state index is -1.12. The third-order valence-electron chi connectivity index (χ3n) is 3.79. The standard InChI is InChI=1S/C15H13ClN2O3/c16-9-3-4-10-12(7-9)17-13(11(8-19)14(10)20)15(21)18-5-1-2-6-18/h3-4,7-8,11H,1-2,5-6H2. The van der Waals surface area contributed by atoms with Gasteiger partial charge in [0.25, 0.3) is 5.91 Å². The number of halogens is 1. The summed E-state index contributed by atoms with van der Waals surface area (Å²) in [7, 11) is 0. The zero-order valence-corrected chi connectivity index (χ0v) is 12.0. The van der Waals surface area contributed by atoms with Gasteiger partial charge in [-0.25, -0.2) is 4.99 Å². The second-order valence-electron chi connectivity index (χ2n) is 5.14. The Bertz CT molecular complexity index is 663. The lowest BCUT2D eigenvalue weighted by atomic mass is 9.89. The molecular formula is C15H13ClN2O3. The van der Waals surface area contributed by atoms with Crippen molar-refractivity contribution in [3.8, 4) is 0 Å². The molecule has 21 heavy (non-hydrogen) atoms. The summed E-state index contributed by atoms with van der Waals surface area (Å²) in [5.41, 5.74) is 0.689. The first kappa shape index (κ1) is 13.9. The van der Waals surface area contributed by atoms with Gasteiger partial charge in [0, 0.05) is 23.7 Å². The minimum Gasteiger partial charge on any atom is -0.338 e. The first-order valence-corrected chi connectivity index (χ1v) is 7.16. The fourth-order valence-electron chi connectivity index (χ4n) is 2.69. The van der Waals surface area contributed by atoms with E-state index in [4.69, 9.17) is 11.6 Å². The van der Waals surface area contributed by atoms with Crippen molar-refractivity contribution in [3.05, 3.63) is 28.8 Å². The maximum Gasteiger partial charge on any atom is 0.269 e. The van der Waals surface area contributed by atoms with E-state index >= 15 is 0 Å². The monoisotopic (exact) mass is 304 g/mol. The molecule has 1 amide bonds. The fraction of sp³-hybridized carbons (Fsp3) is 0.333. The van der Waals surface area contributed by atoms with Crippen LogP contribution in [0.2, 0.25) is 5.02 Å². The maximum atomic E-state index is 12.5. The molecule has 2 aliphatic heterocycles. The molecule has 3 rings (SSSR count). The maximum absolute atomic E-state index is 12.5. The van der Waals surface area contributed by atoms with Crippen LogP contribution in [0.25, 0.3) is 0 Å². The van der Waals surface area contributed by atoms with Gasteiger partial charge in [-0.2, -0.15) is 0 Å². The summed E-state index contributed by atoms with van der Waals surface area (Å²) >= 11 is 5.90. The van der Waals surface area contributed by atoms with Gasteiger partial charge >= 0.3 is 0 Å². The van der Waals surface area contributed by atoms with E-state index in [0.717, 1.165) is 12.8 Å². The number of aldehydes is 1. The average molecular weight is 305 g/mol. The van der Waals surface area contributed by atoms with Gasteiger partial charge in [0.1, 0.15) is 17.9 Å². The molecule has 2 aliphatic rings. The Labute approximate surface area is 126 Å². The minimum absolute atomic E-state index is 0.00617. The summed E-state index contributed by atoms with van der Waals surface area (Å²) in [5, 5.41) is 0.433. The van der Waals surface area contributed by atoms with Crippen molar-refractivity contribution < 1.29 is 14.4 Å². The lowest BCUT2D eigenvalue weighted by Crippen LogP contribution is -2.42. The van der Waals surface area contributed by atoms with Crippen LogP contribution in [0.3, 0.4) is 0 Å². The fourth-order valence-corrected chi connectivity index (χ4v) is 2.85. The lowest BCUT2D eigenvalue weighted by molar-refractivity contribution is -0.124. The van der Waals surface area contributed by atoms with Gasteiger partial charge in [-0.3, -0.25) is 9.59 Å². The van der Waals surface area contributed by atoms with Gasteiger partial charge in [0.05, 0.1) is 5.69 Å². The molecule has 0 radical (unpaired) electrons. The van der Waals surface area contributed by atoms with E-state index in [-0.39, 0.29) is 11.6 Å². The molecule has 1 atom stereocenters. The Morgan fingerprint density at radius 1 is 1.33 bits per heavy atom. The van der Waals surface area contributed by atoms with Crippen molar-refractivity contribution in [2.45, 2.75) is 12.8 Å². The highest BCUT2D eigenvalue weighted by Gasteiger charge is 2.37. The number of carbonyl (C=O) groups is 3. The molecule has 1 aromatic carbocycles. The normalized spacial score (nSPS) is 21.0. The largest absolute Gasteiger partial charge is 0.338 e. The highest BCUT2D eigenvalue weighted by Crippen LogP contribution is 2.31. The number of carbonyl (C=O) groups excluding carboxylic acids is 3. The van der Waals surface area contributed by atoms with Crippen LogP contribution in [0.5, 0.6) is 0 Å². The Hall–Kier alpha value is -2.01. The molecule has 1 aromatic rings. The highest BCUT2D eigenvalue weighted by molar-refractivity contribution is 6.49. The molecule has 1 unspecified atom stereocenters.